The molecule has 0 saturated heterocycles. The summed E-state index contributed by atoms with van der Waals surface area (Å²) in [5.41, 5.74) is 1.55. The summed E-state index contributed by atoms with van der Waals surface area (Å²) in [5, 5.41) is 0. The van der Waals surface area contributed by atoms with Crippen molar-refractivity contribution in [3.05, 3.63) is 46.3 Å². The van der Waals surface area contributed by atoms with Gasteiger partial charge in [-0.2, -0.15) is 0 Å². The van der Waals surface area contributed by atoms with Crippen molar-refractivity contribution in [2.24, 2.45) is 0 Å². The Bertz CT molecular complexity index is 578. The number of aromatic amines is 1. The fourth-order valence-electron chi connectivity index (χ4n) is 1.46. The summed E-state index contributed by atoms with van der Waals surface area (Å²) in [6.07, 6.45) is 2.07. The summed E-state index contributed by atoms with van der Waals surface area (Å²) >= 11 is 0. The van der Waals surface area contributed by atoms with E-state index in [0.29, 0.717) is 5.75 Å². The van der Waals surface area contributed by atoms with Gasteiger partial charge in [-0.05, 0) is 25.5 Å². The van der Waals surface area contributed by atoms with Crippen molar-refractivity contribution in [2.75, 3.05) is 0 Å². The van der Waals surface area contributed by atoms with Gasteiger partial charge in [-0.25, -0.2) is 4.98 Å². The lowest BCUT2D eigenvalue weighted by atomic mass is 10.2. The van der Waals surface area contributed by atoms with Crippen molar-refractivity contribution in [3.63, 3.8) is 0 Å². The first-order chi connectivity index (χ1) is 8.19. The average molecular weight is 231 g/mol. The largest absolute Gasteiger partial charge is 0.437 e. The summed E-state index contributed by atoms with van der Waals surface area (Å²) in [6.45, 7) is 3.92. The molecule has 0 bridgehead atoms. The summed E-state index contributed by atoms with van der Waals surface area (Å²) in [5.74, 6) is 0.908. The molecule has 0 saturated carbocycles. The molecular weight excluding hydrogens is 218 g/mol. The summed E-state index contributed by atoms with van der Waals surface area (Å²) in [6, 6.07) is 5.00. The monoisotopic (exact) mass is 231 g/mol. The molecule has 1 N–H and O–H groups in total. The third-order valence-corrected chi connectivity index (χ3v) is 2.27. The fourth-order valence-corrected chi connectivity index (χ4v) is 1.46. The molecule has 2 aromatic rings. The van der Waals surface area contributed by atoms with Gasteiger partial charge in [0.2, 0.25) is 5.88 Å². The van der Waals surface area contributed by atoms with Gasteiger partial charge in [0, 0.05) is 5.69 Å². The number of nitrogens with one attached hydrogen (secondary N) is 1. The Balaban J connectivity index is 2.33. The third-order valence-electron chi connectivity index (χ3n) is 2.27. The van der Waals surface area contributed by atoms with Crippen LogP contribution in [0.1, 0.15) is 18.3 Å². The molecule has 0 unspecified atom stereocenters. The van der Waals surface area contributed by atoms with Gasteiger partial charge in [0.05, 0.1) is 18.1 Å². The highest BCUT2D eigenvalue weighted by Crippen LogP contribution is 2.22. The normalized spacial score (nSPS) is 10.2. The van der Waals surface area contributed by atoms with E-state index in [4.69, 9.17) is 4.74 Å². The molecule has 2 heterocycles. The average Bonchev–Trinajstić information content (AvgIpc) is 2.31. The van der Waals surface area contributed by atoms with Gasteiger partial charge < -0.3 is 9.72 Å². The Labute approximate surface area is 98.5 Å². The highest BCUT2D eigenvalue weighted by Gasteiger charge is 2.06. The number of H-pyrrole nitrogens is 1. The van der Waals surface area contributed by atoms with E-state index in [9.17, 15) is 4.79 Å². The van der Waals surface area contributed by atoms with Crippen molar-refractivity contribution < 1.29 is 4.74 Å². The smallest absolute Gasteiger partial charge is 0.254 e. The zero-order valence-corrected chi connectivity index (χ0v) is 9.73. The predicted molar refractivity (Wildman–Crippen MR) is 63.3 cm³/mol. The van der Waals surface area contributed by atoms with E-state index in [1.54, 1.807) is 0 Å². The molecule has 5 heteroatoms. The molecule has 0 aliphatic heterocycles. The zero-order chi connectivity index (χ0) is 12.3. The van der Waals surface area contributed by atoms with Crippen LogP contribution in [0.5, 0.6) is 11.6 Å². The van der Waals surface area contributed by atoms with Crippen molar-refractivity contribution in [1.82, 2.24) is 15.0 Å². The number of hydrogen-bond acceptors (Lipinski definition) is 4. The SMILES string of the molecule is CCc1nc(C)ccc1Oc1cc(=O)[nH]cn1. The number of aryl methyl sites for hydroxylation is 2. The molecule has 0 spiro atoms. The first-order valence-electron chi connectivity index (χ1n) is 5.38. The molecule has 0 aromatic carbocycles. The molecule has 2 aromatic heterocycles. The molecular formula is C12H13N3O2. The lowest BCUT2D eigenvalue weighted by Gasteiger charge is -2.08. The minimum atomic E-state index is -0.242. The summed E-state index contributed by atoms with van der Waals surface area (Å²) in [4.78, 5) is 21.8. The van der Waals surface area contributed by atoms with Crippen LogP contribution < -0.4 is 10.3 Å². The van der Waals surface area contributed by atoms with Gasteiger partial charge in [-0.3, -0.25) is 9.78 Å². The summed E-state index contributed by atoms with van der Waals surface area (Å²) in [7, 11) is 0. The minimum absolute atomic E-state index is 0.242. The van der Waals surface area contributed by atoms with Gasteiger partial charge in [-0.1, -0.05) is 6.92 Å². The van der Waals surface area contributed by atoms with Gasteiger partial charge >= 0.3 is 0 Å². The van der Waals surface area contributed by atoms with Crippen LogP contribution in [0.4, 0.5) is 0 Å². The standard InChI is InChI=1S/C12H13N3O2/c1-3-9-10(5-4-8(2)15-9)17-12-6-11(16)13-7-14-12/h4-7H,3H2,1-2H3,(H,13,14,16). The zero-order valence-electron chi connectivity index (χ0n) is 9.73. The van der Waals surface area contributed by atoms with Crippen LogP contribution >= 0.6 is 0 Å². The van der Waals surface area contributed by atoms with Gasteiger partial charge in [0.25, 0.3) is 5.56 Å². The first-order valence-corrected chi connectivity index (χ1v) is 5.38. The van der Waals surface area contributed by atoms with Crippen LogP contribution in [0.2, 0.25) is 0 Å². The van der Waals surface area contributed by atoms with E-state index in [1.807, 2.05) is 26.0 Å². The molecule has 0 fully saturated rings. The molecule has 0 amide bonds. The van der Waals surface area contributed by atoms with Crippen LogP contribution in [-0.2, 0) is 6.42 Å². The van der Waals surface area contributed by atoms with Crippen LogP contribution in [0.15, 0.2) is 29.3 Å². The molecule has 0 radical (unpaired) electrons. The second kappa shape index (κ2) is 4.78. The van der Waals surface area contributed by atoms with Gasteiger partial charge in [-0.15, -0.1) is 0 Å². The molecule has 17 heavy (non-hydrogen) atoms. The van der Waals surface area contributed by atoms with E-state index in [1.165, 1.54) is 12.4 Å². The van der Waals surface area contributed by atoms with E-state index < -0.39 is 0 Å². The molecule has 0 aliphatic rings. The van der Waals surface area contributed by atoms with Crippen LogP contribution in [0.3, 0.4) is 0 Å². The number of pyridine rings is 1. The van der Waals surface area contributed by atoms with Gasteiger partial charge in [0.1, 0.15) is 0 Å². The Kier molecular flexibility index (Phi) is 3.18. The number of hydrogen-bond donors (Lipinski definition) is 1. The molecule has 0 aliphatic carbocycles. The lowest BCUT2D eigenvalue weighted by molar-refractivity contribution is 0.452. The van der Waals surface area contributed by atoms with Crippen LogP contribution in [0, 0.1) is 6.92 Å². The molecule has 88 valence electrons. The Morgan fingerprint density at radius 2 is 2.24 bits per heavy atom. The fraction of sp³-hybridized carbons (Fsp3) is 0.250. The van der Waals surface area contributed by atoms with E-state index in [2.05, 4.69) is 15.0 Å². The highest BCUT2D eigenvalue weighted by molar-refractivity contribution is 5.32. The van der Waals surface area contributed by atoms with Crippen molar-refractivity contribution >= 4 is 0 Å². The maximum Gasteiger partial charge on any atom is 0.254 e. The second-order valence-electron chi connectivity index (χ2n) is 3.60. The van der Waals surface area contributed by atoms with Crippen LogP contribution in [0.25, 0.3) is 0 Å². The number of ether oxygens (including phenoxy) is 1. The first kappa shape index (κ1) is 11.3. The van der Waals surface area contributed by atoms with Crippen LogP contribution in [-0.4, -0.2) is 15.0 Å². The molecule has 5 nitrogen and oxygen atoms in total. The van der Waals surface area contributed by atoms with E-state index in [-0.39, 0.29) is 11.4 Å². The third kappa shape index (κ3) is 2.69. The predicted octanol–water partition coefficient (Wildman–Crippen LogP) is 1.83. The maximum atomic E-state index is 11.1. The summed E-state index contributed by atoms with van der Waals surface area (Å²) < 4.78 is 5.54. The molecule has 2 rings (SSSR count). The highest BCUT2D eigenvalue weighted by atomic mass is 16.5. The number of aromatic nitrogens is 3. The Morgan fingerprint density at radius 1 is 1.41 bits per heavy atom. The van der Waals surface area contributed by atoms with Gasteiger partial charge in [0.15, 0.2) is 5.75 Å². The van der Waals surface area contributed by atoms with E-state index >= 15 is 0 Å². The topological polar surface area (TPSA) is 67.9 Å². The van der Waals surface area contributed by atoms with E-state index in [0.717, 1.165) is 17.8 Å². The van der Waals surface area contributed by atoms with Crippen molar-refractivity contribution in [3.8, 4) is 11.6 Å². The van der Waals surface area contributed by atoms with Crippen molar-refractivity contribution in [2.45, 2.75) is 20.3 Å². The second-order valence-corrected chi connectivity index (χ2v) is 3.60. The molecule has 0 atom stereocenters. The quantitative estimate of drug-likeness (QED) is 0.875. The van der Waals surface area contributed by atoms with Crippen molar-refractivity contribution in [1.29, 1.82) is 0 Å². The Hall–Kier alpha value is -2.17. The number of nitrogens with zero attached hydrogens (tertiary/aromatic N) is 2. The Morgan fingerprint density at radius 3 is 2.94 bits per heavy atom. The lowest BCUT2D eigenvalue weighted by Crippen LogP contribution is -2.05. The minimum Gasteiger partial charge on any atom is -0.437 e. The number of rotatable bonds is 3. The maximum absolute atomic E-state index is 11.1.